The Labute approximate surface area is 97.6 Å². The Kier molecular flexibility index (Phi) is 2.38. The maximum atomic E-state index is 4.59. The molecular weight excluding hydrogens is 216 g/mol. The molecule has 0 atom stereocenters. The van der Waals surface area contributed by atoms with Gasteiger partial charge in [0.25, 0.3) is 0 Å². The molecule has 0 spiro atoms. The molecule has 0 aliphatic heterocycles. The smallest absolute Gasteiger partial charge is 0.0890 e. The number of hydrogen-bond acceptors (Lipinski definition) is 3. The Balaban J connectivity index is 1.99. The molecule has 16 heavy (non-hydrogen) atoms. The summed E-state index contributed by atoms with van der Waals surface area (Å²) in [5, 5.41) is 4.24. The molecule has 3 heteroatoms. The fourth-order valence-corrected chi connectivity index (χ4v) is 2.35. The van der Waals surface area contributed by atoms with Gasteiger partial charge in [-0.15, -0.1) is 0 Å². The maximum Gasteiger partial charge on any atom is 0.0890 e. The lowest BCUT2D eigenvalue weighted by molar-refractivity contribution is 1.07. The van der Waals surface area contributed by atoms with Gasteiger partial charge in [0, 0.05) is 12.6 Å². The number of fused-ring (bicyclic) bond motifs is 1. The normalized spacial score (nSPS) is 10.8. The van der Waals surface area contributed by atoms with Crippen molar-refractivity contribution in [2.75, 3.05) is 0 Å². The molecule has 0 saturated heterocycles. The molecule has 0 N–H and O–H groups in total. The van der Waals surface area contributed by atoms with Crippen LogP contribution in [0, 0.1) is 0 Å². The molecule has 2 heterocycles. The molecule has 3 rings (SSSR count). The third-order valence-corrected chi connectivity index (χ3v) is 3.20. The largest absolute Gasteiger partial charge is 0.253 e. The number of aromatic nitrogens is 2. The highest BCUT2D eigenvalue weighted by Gasteiger charge is 2.00. The van der Waals surface area contributed by atoms with Crippen molar-refractivity contribution in [1.29, 1.82) is 0 Å². The Bertz CT molecular complexity index is 602. The molecule has 0 unspecified atom stereocenters. The van der Waals surface area contributed by atoms with E-state index in [1.165, 1.54) is 5.56 Å². The van der Waals surface area contributed by atoms with E-state index in [9.17, 15) is 0 Å². The van der Waals surface area contributed by atoms with Crippen LogP contribution in [0.3, 0.4) is 0 Å². The first-order chi connectivity index (χ1) is 7.92. The molecule has 0 radical (unpaired) electrons. The number of hydrogen-bond donors (Lipinski definition) is 0. The van der Waals surface area contributed by atoms with Crippen LogP contribution in [0.1, 0.15) is 11.3 Å². The van der Waals surface area contributed by atoms with Gasteiger partial charge >= 0.3 is 0 Å². The van der Waals surface area contributed by atoms with Crippen LogP contribution in [0.4, 0.5) is 0 Å². The van der Waals surface area contributed by atoms with Crippen LogP contribution in [0.25, 0.3) is 11.0 Å². The second kappa shape index (κ2) is 4.02. The third-order valence-electron chi connectivity index (χ3n) is 2.46. The first kappa shape index (κ1) is 9.48. The number of para-hydroxylation sites is 2. The van der Waals surface area contributed by atoms with E-state index in [2.05, 4.69) is 26.8 Å². The fourth-order valence-electron chi connectivity index (χ4n) is 1.68. The summed E-state index contributed by atoms with van der Waals surface area (Å²) in [5.74, 6) is 0. The Morgan fingerprint density at radius 2 is 1.94 bits per heavy atom. The molecule has 0 aliphatic carbocycles. The van der Waals surface area contributed by atoms with Gasteiger partial charge < -0.3 is 0 Å². The predicted molar refractivity (Wildman–Crippen MR) is 66.7 cm³/mol. The Hall–Kier alpha value is -1.74. The zero-order chi connectivity index (χ0) is 10.8. The van der Waals surface area contributed by atoms with Crippen molar-refractivity contribution in [3.8, 4) is 0 Å². The highest BCUT2D eigenvalue weighted by Crippen LogP contribution is 2.13. The average Bonchev–Trinajstić information content (AvgIpc) is 2.82. The minimum absolute atomic E-state index is 0.862. The highest BCUT2D eigenvalue weighted by atomic mass is 32.1. The van der Waals surface area contributed by atoms with Crippen molar-refractivity contribution in [1.82, 2.24) is 9.97 Å². The van der Waals surface area contributed by atoms with Crippen LogP contribution in [0.5, 0.6) is 0 Å². The van der Waals surface area contributed by atoms with E-state index in [1.807, 2.05) is 30.5 Å². The summed E-state index contributed by atoms with van der Waals surface area (Å²) >= 11 is 1.71. The van der Waals surface area contributed by atoms with E-state index in [0.717, 1.165) is 23.1 Å². The van der Waals surface area contributed by atoms with E-state index in [4.69, 9.17) is 0 Å². The van der Waals surface area contributed by atoms with Gasteiger partial charge in [0.15, 0.2) is 0 Å². The van der Waals surface area contributed by atoms with Gasteiger partial charge in [-0.05, 0) is 34.5 Å². The van der Waals surface area contributed by atoms with Crippen LogP contribution in [-0.2, 0) is 6.42 Å². The van der Waals surface area contributed by atoms with Crippen molar-refractivity contribution in [2.24, 2.45) is 0 Å². The number of rotatable bonds is 2. The van der Waals surface area contributed by atoms with Crippen LogP contribution >= 0.6 is 11.3 Å². The van der Waals surface area contributed by atoms with Gasteiger partial charge in [-0.25, -0.2) is 4.98 Å². The lowest BCUT2D eigenvalue weighted by Crippen LogP contribution is -1.93. The Morgan fingerprint density at radius 1 is 1.06 bits per heavy atom. The van der Waals surface area contributed by atoms with Gasteiger partial charge in [0.05, 0.1) is 16.7 Å². The van der Waals surface area contributed by atoms with E-state index in [0.29, 0.717) is 0 Å². The standard InChI is InChI=1S/C13H10N2S/c1-2-4-13-12(3-1)14-8-11(15-13)7-10-5-6-16-9-10/h1-6,8-9H,7H2. The topological polar surface area (TPSA) is 25.8 Å². The van der Waals surface area contributed by atoms with Gasteiger partial charge in [0.1, 0.15) is 0 Å². The van der Waals surface area contributed by atoms with Crippen molar-refractivity contribution < 1.29 is 0 Å². The monoisotopic (exact) mass is 226 g/mol. The molecule has 0 aliphatic rings. The summed E-state index contributed by atoms with van der Waals surface area (Å²) in [6.07, 6.45) is 2.72. The molecular formula is C13H10N2S. The molecule has 78 valence electrons. The van der Waals surface area contributed by atoms with Crippen LogP contribution < -0.4 is 0 Å². The lowest BCUT2D eigenvalue weighted by Gasteiger charge is -2.00. The summed E-state index contributed by atoms with van der Waals surface area (Å²) < 4.78 is 0. The van der Waals surface area contributed by atoms with Gasteiger partial charge in [-0.3, -0.25) is 4.98 Å². The predicted octanol–water partition coefficient (Wildman–Crippen LogP) is 3.28. The zero-order valence-corrected chi connectivity index (χ0v) is 9.45. The number of nitrogens with zero attached hydrogens (tertiary/aromatic N) is 2. The van der Waals surface area contributed by atoms with Gasteiger partial charge in [-0.2, -0.15) is 11.3 Å². The fraction of sp³-hybridized carbons (Fsp3) is 0.0769. The SMILES string of the molecule is c1ccc2nc(Cc3ccsc3)cnc2c1. The second-order valence-electron chi connectivity index (χ2n) is 3.66. The second-order valence-corrected chi connectivity index (χ2v) is 4.44. The van der Waals surface area contributed by atoms with E-state index in [-0.39, 0.29) is 0 Å². The lowest BCUT2D eigenvalue weighted by atomic mass is 10.2. The number of benzene rings is 1. The summed E-state index contributed by atoms with van der Waals surface area (Å²) in [5.41, 5.74) is 4.25. The zero-order valence-electron chi connectivity index (χ0n) is 8.63. The molecule has 0 bridgehead atoms. The summed E-state index contributed by atoms with van der Waals surface area (Å²) in [4.78, 5) is 8.99. The Morgan fingerprint density at radius 3 is 2.75 bits per heavy atom. The summed E-state index contributed by atoms with van der Waals surface area (Å²) in [6.45, 7) is 0. The van der Waals surface area contributed by atoms with Crippen molar-refractivity contribution in [3.63, 3.8) is 0 Å². The molecule has 2 aromatic heterocycles. The number of thiophene rings is 1. The van der Waals surface area contributed by atoms with E-state index >= 15 is 0 Å². The van der Waals surface area contributed by atoms with Crippen molar-refractivity contribution >= 4 is 22.4 Å². The maximum absolute atomic E-state index is 4.59. The van der Waals surface area contributed by atoms with Crippen LogP contribution in [0.15, 0.2) is 47.3 Å². The van der Waals surface area contributed by atoms with Crippen LogP contribution in [-0.4, -0.2) is 9.97 Å². The van der Waals surface area contributed by atoms with Gasteiger partial charge in [-0.1, -0.05) is 12.1 Å². The summed E-state index contributed by atoms with van der Waals surface area (Å²) in [7, 11) is 0. The minimum atomic E-state index is 0.862. The quantitative estimate of drug-likeness (QED) is 0.670. The first-order valence-electron chi connectivity index (χ1n) is 5.13. The third kappa shape index (κ3) is 1.82. The molecule has 3 aromatic rings. The molecule has 1 aromatic carbocycles. The minimum Gasteiger partial charge on any atom is -0.253 e. The van der Waals surface area contributed by atoms with Crippen molar-refractivity contribution in [2.45, 2.75) is 6.42 Å². The van der Waals surface area contributed by atoms with Crippen molar-refractivity contribution in [3.05, 3.63) is 58.5 Å². The molecule has 0 fully saturated rings. The van der Waals surface area contributed by atoms with Gasteiger partial charge in [0.2, 0.25) is 0 Å². The highest BCUT2D eigenvalue weighted by molar-refractivity contribution is 7.07. The van der Waals surface area contributed by atoms with E-state index < -0.39 is 0 Å². The van der Waals surface area contributed by atoms with Crippen LogP contribution in [0.2, 0.25) is 0 Å². The molecule has 0 saturated carbocycles. The molecule has 0 amide bonds. The average molecular weight is 226 g/mol. The summed E-state index contributed by atoms with van der Waals surface area (Å²) in [6, 6.07) is 10.1. The molecule has 2 nitrogen and oxygen atoms in total. The van der Waals surface area contributed by atoms with E-state index in [1.54, 1.807) is 11.3 Å². The first-order valence-corrected chi connectivity index (χ1v) is 6.08.